The van der Waals surface area contributed by atoms with Gasteiger partial charge in [0, 0.05) is 18.7 Å². The van der Waals surface area contributed by atoms with Gasteiger partial charge in [-0.2, -0.15) is 0 Å². The zero-order valence-corrected chi connectivity index (χ0v) is 10.7. The molecule has 2 atom stereocenters. The molecule has 1 N–H and O–H groups in total. The zero-order valence-electron chi connectivity index (χ0n) is 10.7. The van der Waals surface area contributed by atoms with Gasteiger partial charge in [-0.25, -0.2) is 4.39 Å². The summed E-state index contributed by atoms with van der Waals surface area (Å²) in [6.45, 7) is 4.83. The Hall–Kier alpha value is -0.970. The molecular weight excluding hydrogens is 233 g/mol. The lowest BCUT2D eigenvalue weighted by atomic mass is 10.1. The summed E-state index contributed by atoms with van der Waals surface area (Å²) < 4.78 is 25.0. The quantitative estimate of drug-likeness (QED) is 0.843. The van der Waals surface area contributed by atoms with Gasteiger partial charge in [0.15, 0.2) is 0 Å². The first-order chi connectivity index (χ1) is 8.81. The molecule has 0 spiro atoms. The van der Waals surface area contributed by atoms with E-state index in [-0.39, 0.29) is 18.0 Å². The van der Waals surface area contributed by atoms with Crippen LogP contribution in [0.1, 0.15) is 25.0 Å². The average molecular weight is 253 g/mol. The highest BCUT2D eigenvalue weighted by Gasteiger charge is 2.23. The third-order valence-electron chi connectivity index (χ3n) is 3.08. The number of halogens is 1. The lowest BCUT2D eigenvalue weighted by Gasteiger charge is -2.22. The Morgan fingerprint density at radius 2 is 2.33 bits per heavy atom. The van der Waals surface area contributed by atoms with E-state index in [2.05, 4.69) is 5.32 Å². The fourth-order valence-corrected chi connectivity index (χ4v) is 2.10. The minimum atomic E-state index is -0.252. The lowest BCUT2D eigenvalue weighted by molar-refractivity contribution is -0.0177. The number of ether oxygens (including phenoxy) is 2. The first-order valence-electron chi connectivity index (χ1n) is 6.49. The van der Waals surface area contributed by atoms with Crippen LogP contribution in [0, 0.1) is 5.82 Å². The molecule has 2 unspecified atom stereocenters. The van der Waals surface area contributed by atoms with E-state index < -0.39 is 0 Å². The molecule has 4 heteroatoms. The van der Waals surface area contributed by atoms with Crippen LogP contribution in [0.5, 0.6) is 0 Å². The van der Waals surface area contributed by atoms with Gasteiger partial charge < -0.3 is 14.8 Å². The van der Waals surface area contributed by atoms with Crippen molar-refractivity contribution in [3.05, 3.63) is 35.6 Å². The number of benzene rings is 1. The molecule has 1 aliphatic rings. The summed E-state index contributed by atoms with van der Waals surface area (Å²) in [6, 6.07) is 6.80. The Labute approximate surface area is 107 Å². The Kier molecular flexibility index (Phi) is 5.11. The van der Waals surface area contributed by atoms with E-state index in [4.69, 9.17) is 9.47 Å². The minimum Gasteiger partial charge on any atom is -0.379 e. The maximum atomic E-state index is 13.8. The molecule has 0 aromatic heterocycles. The van der Waals surface area contributed by atoms with Gasteiger partial charge in [0.2, 0.25) is 0 Å². The molecule has 18 heavy (non-hydrogen) atoms. The second-order valence-electron chi connectivity index (χ2n) is 4.44. The maximum Gasteiger partial charge on any atom is 0.129 e. The number of hydrogen-bond acceptors (Lipinski definition) is 3. The van der Waals surface area contributed by atoms with Crippen molar-refractivity contribution in [2.75, 3.05) is 26.3 Å². The zero-order chi connectivity index (χ0) is 12.8. The van der Waals surface area contributed by atoms with E-state index in [1.807, 2.05) is 13.0 Å². The summed E-state index contributed by atoms with van der Waals surface area (Å²) in [5, 5.41) is 3.22. The van der Waals surface area contributed by atoms with Crippen molar-refractivity contribution in [2.45, 2.75) is 25.6 Å². The predicted octanol–water partition coefficient (Wildman–Crippen LogP) is 2.28. The number of hydrogen-bond donors (Lipinski definition) is 1. The van der Waals surface area contributed by atoms with Crippen LogP contribution in [-0.2, 0) is 9.47 Å². The Morgan fingerprint density at radius 1 is 1.50 bits per heavy atom. The SMILES string of the molecule is CCNCC(OC1CCOC1)c1ccccc1F. The smallest absolute Gasteiger partial charge is 0.129 e. The second kappa shape index (κ2) is 6.83. The van der Waals surface area contributed by atoms with Crippen molar-refractivity contribution >= 4 is 0 Å². The summed E-state index contributed by atoms with van der Waals surface area (Å²) in [5.41, 5.74) is 0.616. The largest absolute Gasteiger partial charge is 0.379 e. The molecule has 0 amide bonds. The molecule has 3 nitrogen and oxygen atoms in total. The van der Waals surface area contributed by atoms with Crippen LogP contribution < -0.4 is 5.32 Å². The van der Waals surface area contributed by atoms with E-state index in [0.29, 0.717) is 18.7 Å². The van der Waals surface area contributed by atoms with E-state index >= 15 is 0 Å². The molecule has 100 valence electrons. The predicted molar refractivity (Wildman–Crippen MR) is 68.0 cm³/mol. The van der Waals surface area contributed by atoms with Crippen molar-refractivity contribution in [3.63, 3.8) is 0 Å². The van der Waals surface area contributed by atoms with E-state index in [0.717, 1.165) is 19.6 Å². The number of rotatable bonds is 6. The van der Waals surface area contributed by atoms with Crippen LogP contribution in [0.3, 0.4) is 0 Å². The van der Waals surface area contributed by atoms with E-state index in [1.54, 1.807) is 12.1 Å². The molecule has 2 rings (SSSR count). The first kappa shape index (κ1) is 13.5. The second-order valence-corrected chi connectivity index (χ2v) is 4.44. The maximum absolute atomic E-state index is 13.8. The highest BCUT2D eigenvalue weighted by molar-refractivity contribution is 5.20. The molecule has 1 aromatic rings. The fraction of sp³-hybridized carbons (Fsp3) is 0.571. The van der Waals surface area contributed by atoms with Crippen LogP contribution >= 0.6 is 0 Å². The molecule has 0 bridgehead atoms. The lowest BCUT2D eigenvalue weighted by Crippen LogP contribution is -2.27. The Bertz CT molecular complexity index is 367. The van der Waals surface area contributed by atoms with Crippen LogP contribution in [0.2, 0.25) is 0 Å². The summed E-state index contributed by atoms with van der Waals surface area (Å²) >= 11 is 0. The highest BCUT2D eigenvalue weighted by atomic mass is 19.1. The van der Waals surface area contributed by atoms with Crippen LogP contribution in [0.15, 0.2) is 24.3 Å². The summed E-state index contributed by atoms with van der Waals surface area (Å²) in [6.07, 6.45) is 0.711. The summed E-state index contributed by atoms with van der Waals surface area (Å²) in [4.78, 5) is 0. The van der Waals surface area contributed by atoms with Crippen molar-refractivity contribution in [2.24, 2.45) is 0 Å². The van der Waals surface area contributed by atoms with Crippen molar-refractivity contribution < 1.29 is 13.9 Å². The highest BCUT2D eigenvalue weighted by Crippen LogP contribution is 2.24. The molecule has 1 aliphatic heterocycles. The molecule has 1 aromatic carbocycles. The normalized spacial score (nSPS) is 21.1. The van der Waals surface area contributed by atoms with Gasteiger partial charge in [0.1, 0.15) is 5.82 Å². The average Bonchev–Trinajstić information content (AvgIpc) is 2.88. The van der Waals surface area contributed by atoms with Crippen molar-refractivity contribution in [1.82, 2.24) is 5.32 Å². The fourth-order valence-electron chi connectivity index (χ4n) is 2.10. The van der Waals surface area contributed by atoms with Crippen LogP contribution in [0.4, 0.5) is 4.39 Å². The molecular formula is C14H20FNO2. The van der Waals surface area contributed by atoms with E-state index in [9.17, 15) is 4.39 Å². The molecule has 0 saturated carbocycles. The third kappa shape index (κ3) is 3.51. The minimum absolute atomic E-state index is 0.0771. The summed E-state index contributed by atoms with van der Waals surface area (Å²) in [5.74, 6) is -0.209. The van der Waals surface area contributed by atoms with Gasteiger partial charge >= 0.3 is 0 Å². The van der Waals surface area contributed by atoms with Gasteiger partial charge in [-0.1, -0.05) is 25.1 Å². The number of nitrogens with one attached hydrogen (secondary N) is 1. The molecule has 1 fully saturated rings. The molecule has 1 heterocycles. The molecule has 0 aliphatic carbocycles. The molecule has 0 radical (unpaired) electrons. The Balaban J connectivity index is 2.06. The van der Waals surface area contributed by atoms with Crippen LogP contribution in [0.25, 0.3) is 0 Å². The monoisotopic (exact) mass is 253 g/mol. The van der Waals surface area contributed by atoms with Gasteiger partial charge in [-0.3, -0.25) is 0 Å². The molecule has 1 saturated heterocycles. The van der Waals surface area contributed by atoms with Gasteiger partial charge in [-0.15, -0.1) is 0 Å². The van der Waals surface area contributed by atoms with Crippen molar-refractivity contribution in [1.29, 1.82) is 0 Å². The van der Waals surface area contributed by atoms with E-state index in [1.165, 1.54) is 6.07 Å². The van der Waals surface area contributed by atoms with Crippen LogP contribution in [-0.4, -0.2) is 32.4 Å². The van der Waals surface area contributed by atoms with Gasteiger partial charge in [0.05, 0.1) is 18.8 Å². The van der Waals surface area contributed by atoms with Crippen molar-refractivity contribution in [3.8, 4) is 0 Å². The number of likely N-dealkylation sites (N-methyl/N-ethyl adjacent to an activating group) is 1. The first-order valence-corrected chi connectivity index (χ1v) is 6.49. The van der Waals surface area contributed by atoms with Gasteiger partial charge in [-0.05, 0) is 19.0 Å². The topological polar surface area (TPSA) is 30.5 Å². The van der Waals surface area contributed by atoms with Gasteiger partial charge in [0.25, 0.3) is 0 Å². The standard InChI is InChI=1S/C14H20FNO2/c1-2-16-9-14(18-11-7-8-17-10-11)12-5-3-4-6-13(12)15/h3-6,11,14,16H,2,7-10H2,1H3. The summed E-state index contributed by atoms with van der Waals surface area (Å²) in [7, 11) is 0. The third-order valence-corrected chi connectivity index (χ3v) is 3.08. The Morgan fingerprint density at radius 3 is 3.00 bits per heavy atom.